The van der Waals surface area contributed by atoms with E-state index in [2.05, 4.69) is 89.4 Å². The Hall–Kier alpha value is -8.13. The first-order valence-electron chi connectivity index (χ1n) is 25.4. The largest absolute Gasteiger partial charge is 0.459 e. The van der Waals surface area contributed by atoms with Crippen molar-refractivity contribution in [3.8, 4) is 29.1 Å². The molecule has 4 aromatic carbocycles. The van der Waals surface area contributed by atoms with Crippen molar-refractivity contribution in [2.24, 2.45) is 0 Å². The number of ether oxygens (including phenoxy) is 2. The number of allylic oxidation sites excluding steroid dienone is 1. The SMILES string of the molecule is C=CC(=O)N1CCC(n2ccc3c2=C(Oc2ccc(C#Cc4ccccc4)cc2)CC=CC=3C)CC1.CN(C)C/C=C/C(=O)N1CCC(n2ccc3ccnc(Cc4ccc(Oc5ccccc5)cc4)c32)CC1. The molecule has 5 heterocycles. The monoisotopic (exact) mass is 968 g/mol. The fraction of sp³-hybridized carbons (Fsp3) is 0.254. The van der Waals surface area contributed by atoms with Crippen LogP contribution < -0.4 is 20.0 Å². The molecule has 0 N–H and O–H groups in total. The fourth-order valence-electron chi connectivity index (χ4n) is 9.83. The van der Waals surface area contributed by atoms with Crippen LogP contribution >= 0.6 is 0 Å². The number of fused-ring (bicyclic) bond motifs is 2. The minimum atomic E-state index is 0.0145. The summed E-state index contributed by atoms with van der Waals surface area (Å²) in [5, 5.41) is 3.55. The number of carbonyl (C=O) groups is 2. The number of likely N-dealkylation sites (tertiary alicyclic amines) is 2. The highest BCUT2D eigenvalue weighted by molar-refractivity contribution is 5.88. The number of likely N-dealkylation sites (N-methyl/N-ethyl adjacent to an activating group) is 1. The van der Waals surface area contributed by atoms with Crippen molar-refractivity contribution in [1.29, 1.82) is 0 Å². The van der Waals surface area contributed by atoms with Crippen LogP contribution in [0.15, 0.2) is 183 Å². The number of benzene rings is 4. The van der Waals surface area contributed by atoms with Gasteiger partial charge in [-0.25, -0.2) is 0 Å². The van der Waals surface area contributed by atoms with Crippen molar-refractivity contribution in [3.63, 3.8) is 0 Å². The summed E-state index contributed by atoms with van der Waals surface area (Å²) in [6.45, 7) is 9.57. The second kappa shape index (κ2) is 23.9. The van der Waals surface area contributed by atoms with Gasteiger partial charge in [-0.2, -0.15) is 0 Å². The molecule has 2 saturated heterocycles. The molecule has 10 nitrogen and oxygen atoms in total. The van der Waals surface area contributed by atoms with Crippen molar-refractivity contribution < 1.29 is 19.1 Å². The van der Waals surface area contributed by atoms with E-state index in [0.717, 1.165) is 116 Å². The van der Waals surface area contributed by atoms with Crippen LogP contribution in [0.5, 0.6) is 17.2 Å². The molecule has 7 aromatic rings. The standard InChI is InChI=1S/C32H30N2O2.C31H34N4O2/c1-3-31(35)33-21-18-27(19-22-33)34-23-20-29-24(2)8-7-11-30(32(29)34)36-28-16-14-26(15-17-28)13-12-25-9-5-4-6-10-25;1-33(2)19-6-9-30(36)34-20-16-26(17-21-34)35-22-15-25-14-18-32-29(31(25)35)23-24-10-12-28(13-11-24)37-27-7-4-3-5-8-27/h3-10,14-17,20,23,27H,1,11,18-19,21-22H2,2H3;3-15,18,22,26H,16-17,19-21,23H2,1-2H3/b;9-6+. The zero-order chi connectivity index (χ0) is 50.5. The van der Waals surface area contributed by atoms with Crippen molar-refractivity contribution in [3.05, 3.63) is 216 Å². The second-order valence-corrected chi connectivity index (χ2v) is 19.1. The molecule has 0 saturated carbocycles. The number of piperidine rings is 2. The van der Waals surface area contributed by atoms with Crippen molar-refractivity contribution >= 4 is 34.0 Å². The van der Waals surface area contributed by atoms with E-state index < -0.39 is 0 Å². The van der Waals surface area contributed by atoms with Gasteiger partial charge >= 0.3 is 0 Å². The Labute approximate surface area is 429 Å². The maximum Gasteiger partial charge on any atom is 0.246 e. The van der Waals surface area contributed by atoms with Crippen LogP contribution in [0, 0.1) is 11.8 Å². The molecule has 3 aliphatic rings. The third-order valence-corrected chi connectivity index (χ3v) is 13.7. The number of aromatic nitrogens is 3. The summed E-state index contributed by atoms with van der Waals surface area (Å²) in [5.74, 6) is 9.94. The molecule has 0 spiro atoms. The van der Waals surface area contributed by atoms with Crippen molar-refractivity contribution in [2.45, 2.75) is 57.5 Å². The number of amides is 2. The summed E-state index contributed by atoms with van der Waals surface area (Å²) in [6, 6.07) is 43.2. The third-order valence-electron chi connectivity index (χ3n) is 13.7. The number of carbonyl (C=O) groups excluding carboxylic acids is 2. The second-order valence-electron chi connectivity index (χ2n) is 19.1. The summed E-state index contributed by atoms with van der Waals surface area (Å²) in [4.78, 5) is 35.3. The summed E-state index contributed by atoms with van der Waals surface area (Å²) in [5.41, 5.74) is 6.64. The molecule has 3 aromatic heterocycles. The number of rotatable bonds is 12. The van der Waals surface area contributed by atoms with Gasteiger partial charge in [0.2, 0.25) is 11.8 Å². The molecule has 10 heteroatoms. The predicted octanol–water partition coefficient (Wildman–Crippen LogP) is 10.3. The predicted molar refractivity (Wildman–Crippen MR) is 293 cm³/mol. The molecule has 0 bridgehead atoms. The van der Waals surface area contributed by atoms with E-state index in [-0.39, 0.29) is 11.8 Å². The lowest BCUT2D eigenvalue weighted by Crippen LogP contribution is -2.42. The average molecular weight is 969 g/mol. The van der Waals surface area contributed by atoms with Crippen LogP contribution in [-0.2, 0) is 16.0 Å². The Bertz CT molecular complexity index is 3270. The lowest BCUT2D eigenvalue weighted by molar-refractivity contribution is -0.128. The van der Waals surface area contributed by atoms with Gasteiger partial charge in [0.1, 0.15) is 23.0 Å². The van der Waals surface area contributed by atoms with E-state index >= 15 is 0 Å². The highest BCUT2D eigenvalue weighted by Crippen LogP contribution is 2.31. The fourth-order valence-corrected chi connectivity index (χ4v) is 9.83. The minimum absolute atomic E-state index is 0.0145. The van der Waals surface area contributed by atoms with Gasteiger partial charge in [-0.05, 0) is 143 Å². The minimum Gasteiger partial charge on any atom is -0.459 e. The Morgan fingerprint density at radius 2 is 1.29 bits per heavy atom. The van der Waals surface area contributed by atoms with E-state index in [1.807, 2.05) is 138 Å². The Morgan fingerprint density at radius 3 is 1.96 bits per heavy atom. The van der Waals surface area contributed by atoms with E-state index in [1.165, 1.54) is 33.3 Å². The molecule has 2 amide bonds. The Morgan fingerprint density at radius 1 is 0.699 bits per heavy atom. The lowest BCUT2D eigenvalue weighted by Gasteiger charge is -2.32. The number of para-hydroxylation sites is 1. The first-order valence-corrected chi connectivity index (χ1v) is 25.4. The van der Waals surface area contributed by atoms with Crippen LogP contribution in [0.25, 0.3) is 22.2 Å². The van der Waals surface area contributed by atoms with Gasteiger partial charge in [0.05, 0.1) is 16.6 Å². The highest BCUT2D eigenvalue weighted by Gasteiger charge is 2.26. The van der Waals surface area contributed by atoms with Gasteiger partial charge in [-0.3, -0.25) is 14.6 Å². The van der Waals surface area contributed by atoms with Gasteiger partial charge in [-0.1, -0.05) is 85.2 Å². The molecule has 0 atom stereocenters. The molecule has 2 fully saturated rings. The van der Waals surface area contributed by atoms with Crippen LogP contribution in [0.1, 0.15) is 73.5 Å². The molecule has 370 valence electrons. The van der Waals surface area contributed by atoms with E-state index in [4.69, 9.17) is 14.5 Å². The quantitative estimate of drug-likeness (QED) is 0.0896. The zero-order valence-corrected chi connectivity index (χ0v) is 42.2. The van der Waals surface area contributed by atoms with Crippen LogP contribution in [0.3, 0.4) is 0 Å². The first kappa shape index (κ1) is 49.8. The van der Waals surface area contributed by atoms with E-state index in [9.17, 15) is 9.59 Å². The van der Waals surface area contributed by atoms with Crippen LogP contribution in [0.2, 0.25) is 0 Å². The molecule has 2 aliphatic heterocycles. The molecule has 0 radical (unpaired) electrons. The lowest BCUT2D eigenvalue weighted by atomic mass is 10.0. The first-order chi connectivity index (χ1) is 35.7. The van der Waals surface area contributed by atoms with E-state index in [1.54, 1.807) is 6.08 Å². The smallest absolute Gasteiger partial charge is 0.246 e. The van der Waals surface area contributed by atoms with Crippen molar-refractivity contribution in [2.75, 3.05) is 46.8 Å². The third kappa shape index (κ3) is 12.7. The summed E-state index contributed by atoms with van der Waals surface area (Å²) >= 11 is 0. The summed E-state index contributed by atoms with van der Waals surface area (Å²) in [6.07, 6.45) is 20.8. The number of hydrogen-bond acceptors (Lipinski definition) is 6. The van der Waals surface area contributed by atoms with Gasteiger partial charge < -0.3 is 33.3 Å². The summed E-state index contributed by atoms with van der Waals surface area (Å²) < 4.78 is 17.2. The van der Waals surface area contributed by atoms with Gasteiger partial charge in [0, 0.05) is 104 Å². The normalized spacial score (nSPS) is 15.1. The molecule has 0 unspecified atom stereocenters. The molecule has 10 rings (SSSR count). The molecular weight excluding hydrogens is 905 g/mol. The van der Waals surface area contributed by atoms with Crippen LogP contribution in [0.4, 0.5) is 0 Å². The molecule has 1 aliphatic carbocycles. The average Bonchev–Trinajstić information content (AvgIpc) is 4.04. The Balaban J connectivity index is 0.000000180. The number of nitrogens with zero attached hydrogens (tertiary/aromatic N) is 6. The number of pyridine rings is 1. The molecule has 73 heavy (non-hydrogen) atoms. The van der Waals surface area contributed by atoms with E-state index in [0.29, 0.717) is 12.1 Å². The summed E-state index contributed by atoms with van der Waals surface area (Å²) in [7, 11) is 4.00. The Kier molecular flexibility index (Phi) is 16.3. The highest BCUT2D eigenvalue weighted by atomic mass is 16.5. The topological polar surface area (TPSA) is 85.1 Å². The zero-order valence-electron chi connectivity index (χ0n) is 42.2. The van der Waals surface area contributed by atoms with Gasteiger partial charge in [-0.15, -0.1) is 0 Å². The maximum absolute atomic E-state index is 12.6. The van der Waals surface area contributed by atoms with Crippen molar-refractivity contribution in [1.82, 2.24) is 28.8 Å². The molecular formula is C63H64N6O4. The van der Waals surface area contributed by atoms with Gasteiger partial charge in [0.25, 0.3) is 0 Å². The van der Waals surface area contributed by atoms with Gasteiger partial charge in [0.15, 0.2) is 0 Å². The number of hydrogen-bond donors (Lipinski definition) is 0. The maximum atomic E-state index is 12.6. The van der Waals surface area contributed by atoms with Crippen LogP contribution in [-0.4, -0.2) is 87.5 Å².